The Kier molecular flexibility index (Phi) is 3.72. The molecular formula is C17H18N4O2S. The van der Waals surface area contributed by atoms with Crippen molar-refractivity contribution >= 4 is 27.5 Å². The van der Waals surface area contributed by atoms with Crippen LogP contribution >= 0.6 is 11.3 Å². The fourth-order valence-corrected chi connectivity index (χ4v) is 4.16. The summed E-state index contributed by atoms with van der Waals surface area (Å²) in [6.07, 6.45) is 5.42. The molecule has 4 rings (SSSR count). The van der Waals surface area contributed by atoms with Crippen molar-refractivity contribution in [3.05, 3.63) is 52.2 Å². The lowest BCUT2D eigenvalue weighted by Crippen LogP contribution is -2.36. The van der Waals surface area contributed by atoms with E-state index < -0.39 is 0 Å². The van der Waals surface area contributed by atoms with E-state index in [9.17, 15) is 9.59 Å². The summed E-state index contributed by atoms with van der Waals surface area (Å²) < 4.78 is 3.47. The number of amides is 1. The first-order chi connectivity index (χ1) is 11.6. The standard InChI is InChI=1S/C17H18N4O2S/c1-19-7-2-4-13(19)14-5-3-8-21(14)15(22)10-20-11-18-16-12(17(20)23)6-9-24-16/h2,4,6-7,9,11,14H,3,5,8,10H2,1H3. The Balaban J connectivity index is 1.60. The van der Waals surface area contributed by atoms with E-state index in [0.717, 1.165) is 25.1 Å². The van der Waals surface area contributed by atoms with Crippen molar-refractivity contribution in [1.29, 1.82) is 0 Å². The number of thiophene rings is 1. The highest BCUT2D eigenvalue weighted by Gasteiger charge is 2.31. The molecule has 124 valence electrons. The third-order valence-corrected chi connectivity index (χ3v) is 5.48. The molecule has 1 fully saturated rings. The number of aryl methyl sites for hydroxylation is 1. The Bertz CT molecular complexity index is 955. The van der Waals surface area contributed by atoms with E-state index in [4.69, 9.17) is 0 Å². The van der Waals surface area contributed by atoms with Crippen LogP contribution in [-0.2, 0) is 18.4 Å². The maximum atomic E-state index is 12.8. The summed E-state index contributed by atoms with van der Waals surface area (Å²) in [5, 5.41) is 2.42. The van der Waals surface area contributed by atoms with Crippen LogP contribution in [0.25, 0.3) is 10.2 Å². The fourth-order valence-electron chi connectivity index (χ4n) is 3.44. The Hall–Kier alpha value is -2.41. The maximum Gasteiger partial charge on any atom is 0.262 e. The summed E-state index contributed by atoms with van der Waals surface area (Å²) in [5.41, 5.74) is 0.990. The molecule has 7 heteroatoms. The molecule has 0 bridgehead atoms. The van der Waals surface area contributed by atoms with Crippen LogP contribution < -0.4 is 5.56 Å². The van der Waals surface area contributed by atoms with Gasteiger partial charge < -0.3 is 9.47 Å². The second kappa shape index (κ2) is 5.90. The minimum absolute atomic E-state index is 0.0304. The molecule has 1 unspecified atom stereocenters. The van der Waals surface area contributed by atoms with Crippen LogP contribution in [0.2, 0.25) is 0 Å². The van der Waals surface area contributed by atoms with Crippen molar-refractivity contribution in [1.82, 2.24) is 19.0 Å². The van der Waals surface area contributed by atoms with Gasteiger partial charge in [0.15, 0.2) is 0 Å². The number of likely N-dealkylation sites (tertiary alicyclic amines) is 1. The first-order valence-corrected chi connectivity index (χ1v) is 8.86. The summed E-state index contributed by atoms with van der Waals surface area (Å²) in [5.74, 6) is -0.0304. The van der Waals surface area contributed by atoms with Crippen molar-refractivity contribution in [2.24, 2.45) is 7.05 Å². The van der Waals surface area contributed by atoms with Crippen LogP contribution in [0.5, 0.6) is 0 Å². The van der Waals surface area contributed by atoms with E-state index in [1.807, 2.05) is 29.6 Å². The number of hydrogen-bond donors (Lipinski definition) is 0. The first kappa shape index (κ1) is 15.1. The summed E-state index contributed by atoms with van der Waals surface area (Å²) in [6.45, 7) is 0.774. The number of carbonyl (C=O) groups is 1. The second-order valence-corrected chi connectivity index (χ2v) is 7.00. The monoisotopic (exact) mass is 342 g/mol. The molecule has 0 aromatic carbocycles. The van der Waals surface area contributed by atoms with Gasteiger partial charge in [-0.1, -0.05) is 0 Å². The quantitative estimate of drug-likeness (QED) is 0.733. The normalized spacial score (nSPS) is 17.7. The molecule has 0 radical (unpaired) electrons. The molecule has 4 heterocycles. The van der Waals surface area contributed by atoms with Crippen molar-refractivity contribution < 1.29 is 4.79 Å². The molecule has 3 aromatic heterocycles. The van der Waals surface area contributed by atoms with Gasteiger partial charge in [0.05, 0.1) is 17.8 Å². The van der Waals surface area contributed by atoms with Gasteiger partial charge in [0.25, 0.3) is 5.56 Å². The third kappa shape index (κ3) is 2.45. The van der Waals surface area contributed by atoms with Crippen molar-refractivity contribution in [3.63, 3.8) is 0 Å². The fraction of sp³-hybridized carbons (Fsp3) is 0.353. The molecular weight excluding hydrogens is 324 g/mol. The summed E-state index contributed by atoms with van der Waals surface area (Å²) in [6, 6.07) is 5.90. The van der Waals surface area contributed by atoms with Gasteiger partial charge in [-0.25, -0.2) is 4.98 Å². The van der Waals surface area contributed by atoms with Crippen LogP contribution in [0, 0.1) is 0 Å². The maximum absolute atomic E-state index is 12.8. The molecule has 1 atom stereocenters. The Labute approximate surface area is 143 Å². The average Bonchev–Trinajstić information content (AvgIpc) is 3.29. The molecule has 3 aromatic rings. The molecule has 0 saturated carbocycles. The van der Waals surface area contributed by atoms with Gasteiger partial charge in [-0.15, -0.1) is 11.3 Å². The lowest BCUT2D eigenvalue weighted by molar-refractivity contribution is -0.132. The predicted octanol–water partition coefficient (Wildman–Crippen LogP) is 2.16. The first-order valence-electron chi connectivity index (χ1n) is 7.98. The van der Waals surface area contributed by atoms with Crippen molar-refractivity contribution in [3.8, 4) is 0 Å². The van der Waals surface area contributed by atoms with Crippen molar-refractivity contribution in [2.45, 2.75) is 25.4 Å². The lowest BCUT2D eigenvalue weighted by Gasteiger charge is -2.25. The Morgan fingerprint density at radius 1 is 1.42 bits per heavy atom. The highest BCUT2D eigenvalue weighted by molar-refractivity contribution is 7.16. The molecule has 24 heavy (non-hydrogen) atoms. The molecule has 0 N–H and O–H groups in total. The molecule has 0 aliphatic carbocycles. The topological polar surface area (TPSA) is 60.1 Å². The summed E-state index contributed by atoms with van der Waals surface area (Å²) in [7, 11) is 2.00. The molecule has 1 aliphatic heterocycles. The number of hydrogen-bond acceptors (Lipinski definition) is 4. The van der Waals surface area contributed by atoms with E-state index in [1.165, 1.54) is 22.2 Å². The van der Waals surface area contributed by atoms with Crippen molar-refractivity contribution in [2.75, 3.05) is 6.54 Å². The van der Waals surface area contributed by atoms with Gasteiger partial charge in [0.2, 0.25) is 5.91 Å². The van der Waals surface area contributed by atoms with E-state index in [1.54, 1.807) is 6.07 Å². The van der Waals surface area contributed by atoms with E-state index in [-0.39, 0.29) is 24.1 Å². The largest absolute Gasteiger partial charge is 0.353 e. The van der Waals surface area contributed by atoms with E-state index in [0.29, 0.717) is 10.2 Å². The highest BCUT2D eigenvalue weighted by atomic mass is 32.1. The number of rotatable bonds is 3. The van der Waals surface area contributed by atoms with Crippen LogP contribution in [0.15, 0.2) is 40.9 Å². The Morgan fingerprint density at radius 3 is 3.08 bits per heavy atom. The minimum Gasteiger partial charge on any atom is -0.353 e. The van der Waals surface area contributed by atoms with E-state index in [2.05, 4.69) is 15.6 Å². The zero-order chi connectivity index (χ0) is 16.7. The van der Waals surface area contributed by atoms with Gasteiger partial charge in [-0.05, 0) is 36.4 Å². The number of aromatic nitrogens is 3. The molecule has 1 aliphatic rings. The number of carbonyl (C=O) groups excluding carboxylic acids is 1. The van der Waals surface area contributed by atoms with E-state index >= 15 is 0 Å². The number of nitrogens with zero attached hydrogens (tertiary/aromatic N) is 4. The molecule has 1 amide bonds. The highest BCUT2D eigenvalue weighted by Crippen LogP contribution is 2.32. The smallest absolute Gasteiger partial charge is 0.262 e. The van der Waals surface area contributed by atoms with Crippen LogP contribution in [-0.4, -0.2) is 31.5 Å². The lowest BCUT2D eigenvalue weighted by atomic mass is 10.1. The van der Waals surface area contributed by atoms with Crippen LogP contribution in [0.4, 0.5) is 0 Å². The zero-order valence-electron chi connectivity index (χ0n) is 13.4. The summed E-state index contributed by atoms with van der Waals surface area (Å²) >= 11 is 1.43. The van der Waals surface area contributed by atoms with Gasteiger partial charge in [-0.2, -0.15) is 0 Å². The van der Waals surface area contributed by atoms with Gasteiger partial charge >= 0.3 is 0 Å². The summed E-state index contributed by atoms with van der Waals surface area (Å²) in [4.78, 5) is 32.1. The molecule has 1 saturated heterocycles. The molecule has 6 nitrogen and oxygen atoms in total. The van der Waals surface area contributed by atoms with Gasteiger partial charge in [0.1, 0.15) is 11.4 Å². The van der Waals surface area contributed by atoms with Crippen LogP contribution in [0.3, 0.4) is 0 Å². The number of fused-ring (bicyclic) bond motifs is 1. The second-order valence-electron chi connectivity index (χ2n) is 6.11. The molecule has 0 spiro atoms. The Morgan fingerprint density at radius 2 is 2.29 bits per heavy atom. The van der Waals surface area contributed by atoms with Crippen LogP contribution in [0.1, 0.15) is 24.6 Å². The van der Waals surface area contributed by atoms with Gasteiger partial charge in [0, 0.05) is 25.5 Å². The SMILES string of the molecule is Cn1cccc1C1CCCN1C(=O)Cn1cnc2sccc2c1=O. The minimum atomic E-state index is -0.149. The predicted molar refractivity (Wildman–Crippen MR) is 93.0 cm³/mol. The third-order valence-electron chi connectivity index (χ3n) is 4.65. The van der Waals surface area contributed by atoms with Gasteiger partial charge in [-0.3, -0.25) is 14.2 Å². The average molecular weight is 342 g/mol. The zero-order valence-corrected chi connectivity index (χ0v) is 14.2.